The molecule has 33 heavy (non-hydrogen) atoms. The van der Waals surface area contributed by atoms with E-state index >= 15 is 0 Å². The third-order valence-electron chi connectivity index (χ3n) is 6.26. The van der Waals surface area contributed by atoms with E-state index in [-0.39, 0.29) is 0 Å². The van der Waals surface area contributed by atoms with Crippen LogP contribution in [0.3, 0.4) is 0 Å². The van der Waals surface area contributed by atoms with Crippen LogP contribution in [0.25, 0.3) is 0 Å². The predicted molar refractivity (Wildman–Crippen MR) is 142 cm³/mol. The third-order valence-corrected chi connectivity index (χ3v) is 7.21. The summed E-state index contributed by atoms with van der Waals surface area (Å²) in [6.07, 6.45) is 0. The van der Waals surface area contributed by atoms with Gasteiger partial charge in [0.05, 0.1) is 23.6 Å². The van der Waals surface area contributed by atoms with Gasteiger partial charge < -0.3 is 10.2 Å². The SMILES string of the molecule is Cc1ccccc1Cn1nc(C)c(NC(=S)N2CCN(Cc3ccc(Cl)cc3Cl)CC2)c1C. The molecule has 0 unspecified atom stereocenters. The molecular formula is C25H29Cl2N5S. The molecule has 0 spiro atoms. The number of piperazine rings is 1. The predicted octanol–water partition coefficient (Wildman–Crippen LogP) is 5.68. The van der Waals surface area contributed by atoms with Gasteiger partial charge in [0.25, 0.3) is 0 Å². The van der Waals surface area contributed by atoms with E-state index in [2.05, 4.69) is 57.9 Å². The molecule has 0 atom stereocenters. The van der Waals surface area contributed by atoms with Crippen LogP contribution in [0.15, 0.2) is 42.5 Å². The summed E-state index contributed by atoms with van der Waals surface area (Å²) in [5, 5.41) is 10.4. The topological polar surface area (TPSA) is 36.3 Å². The molecule has 2 aromatic carbocycles. The minimum absolute atomic E-state index is 0.665. The van der Waals surface area contributed by atoms with Crippen LogP contribution in [0.2, 0.25) is 10.0 Å². The first-order valence-corrected chi connectivity index (χ1v) is 12.3. The number of nitrogens with one attached hydrogen (secondary N) is 1. The van der Waals surface area contributed by atoms with Gasteiger partial charge in [-0.3, -0.25) is 9.58 Å². The van der Waals surface area contributed by atoms with Crippen molar-refractivity contribution < 1.29 is 0 Å². The highest BCUT2D eigenvalue weighted by Crippen LogP contribution is 2.24. The first kappa shape index (κ1) is 24.0. The average molecular weight is 503 g/mol. The van der Waals surface area contributed by atoms with Crippen LogP contribution in [0.4, 0.5) is 5.69 Å². The van der Waals surface area contributed by atoms with Crippen molar-refractivity contribution in [3.05, 3.63) is 80.6 Å². The first-order valence-electron chi connectivity index (χ1n) is 11.1. The van der Waals surface area contributed by atoms with Gasteiger partial charge in [-0.2, -0.15) is 5.10 Å². The zero-order chi connectivity index (χ0) is 23.5. The van der Waals surface area contributed by atoms with Crippen molar-refractivity contribution in [2.45, 2.75) is 33.9 Å². The van der Waals surface area contributed by atoms with Crippen molar-refractivity contribution in [2.75, 3.05) is 31.5 Å². The minimum atomic E-state index is 0.665. The molecule has 8 heteroatoms. The fourth-order valence-corrected chi connectivity index (χ4v) is 4.92. The second-order valence-electron chi connectivity index (χ2n) is 8.56. The van der Waals surface area contributed by atoms with Crippen LogP contribution in [0.5, 0.6) is 0 Å². The number of anilines is 1. The van der Waals surface area contributed by atoms with Gasteiger partial charge in [0.15, 0.2) is 5.11 Å². The van der Waals surface area contributed by atoms with E-state index in [4.69, 9.17) is 40.5 Å². The molecule has 1 aromatic heterocycles. The Hall–Kier alpha value is -2.12. The maximum absolute atomic E-state index is 6.35. The summed E-state index contributed by atoms with van der Waals surface area (Å²) in [5.41, 5.74) is 6.70. The lowest BCUT2D eigenvalue weighted by Gasteiger charge is -2.36. The summed E-state index contributed by atoms with van der Waals surface area (Å²) in [6.45, 7) is 11.4. The number of aryl methyl sites for hydroxylation is 2. The Morgan fingerprint density at radius 3 is 2.39 bits per heavy atom. The number of nitrogens with zero attached hydrogens (tertiary/aromatic N) is 4. The van der Waals surface area contributed by atoms with E-state index in [0.717, 1.165) is 72.0 Å². The Bertz CT molecular complexity index is 1150. The van der Waals surface area contributed by atoms with Crippen molar-refractivity contribution in [3.8, 4) is 0 Å². The number of hydrogen-bond donors (Lipinski definition) is 1. The summed E-state index contributed by atoms with van der Waals surface area (Å²) >= 11 is 18.1. The summed E-state index contributed by atoms with van der Waals surface area (Å²) in [4.78, 5) is 4.62. The van der Waals surface area contributed by atoms with Crippen LogP contribution < -0.4 is 5.32 Å². The molecule has 1 fully saturated rings. The highest BCUT2D eigenvalue weighted by atomic mass is 35.5. The van der Waals surface area contributed by atoms with Gasteiger partial charge in [0, 0.05) is 42.8 Å². The van der Waals surface area contributed by atoms with Gasteiger partial charge in [-0.25, -0.2) is 0 Å². The molecule has 4 rings (SSSR count). The fraction of sp³-hybridized carbons (Fsp3) is 0.360. The van der Waals surface area contributed by atoms with Crippen molar-refractivity contribution >= 4 is 46.2 Å². The van der Waals surface area contributed by atoms with Crippen LogP contribution in [0, 0.1) is 20.8 Å². The largest absolute Gasteiger partial charge is 0.346 e. The Balaban J connectivity index is 1.35. The quantitative estimate of drug-likeness (QED) is 0.455. The van der Waals surface area contributed by atoms with Crippen LogP contribution in [-0.4, -0.2) is 50.9 Å². The van der Waals surface area contributed by atoms with Gasteiger partial charge in [-0.05, 0) is 61.8 Å². The van der Waals surface area contributed by atoms with Crippen molar-refractivity contribution in [2.24, 2.45) is 0 Å². The monoisotopic (exact) mass is 501 g/mol. The summed E-state index contributed by atoms with van der Waals surface area (Å²) < 4.78 is 2.05. The molecule has 2 heterocycles. The normalized spacial score (nSPS) is 14.5. The van der Waals surface area contributed by atoms with Crippen molar-refractivity contribution in [1.29, 1.82) is 0 Å². The molecule has 0 aliphatic carbocycles. The summed E-state index contributed by atoms with van der Waals surface area (Å²) in [6, 6.07) is 14.1. The molecular weight excluding hydrogens is 473 g/mol. The fourth-order valence-electron chi connectivity index (χ4n) is 4.17. The molecule has 1 aliphatic heterocycles. The molecule has 0 amide bonds. The second-order valence-corrected chi connectivity index (χ2v) is 9.79. The van der Waals surface area contributed by atoms with Crippen molar-refractivity contribution in [1.82, 2.24) is 19.6 Å². The molecule has 1 saturated heterocycles. The van der Waals surface area contributed by atoms with E-state index in [9.17, 15) is 0 Å². The zero-order valence-corrected chi connectivity index (χ0v) is 21.6. The Morgan fingerprint density at radius 2 is 1.70 bits per heavy atom. The Morgan fingerprint density at radius 1 is 0.970 bits per heavy atom. The van der Waals surface area contributed by atoms with Gasteiger partial charge >= 0.3 is 0 Å². The van der Waals surface area contributed by atoms with E-state index < -0.39 is 0 Å². The van der Waals surface area contributed by atoms with E-state index in [1.807, 2.05) is 19.1 Å². The highest BCUT2D eigenvalue weighted by Gasteiger charge is 2.21. The standard InChI is InChI=1S/C25H29Cl2N5S/c1-17-6-4-5-7-20(17)16-32-19(3)24(18(2)29-32)28-25(33)31-12-10-30(11-13-31)15-21-8-9-22(26)14-23(21)27/h4-9,14H,10-13,15-16H2,1-3H3,(H,28,33). The van der Waals surface area contributed by atoms with Gasteiger partial charge in [0.1, 0.15) is 0 Å². The number of thiocarbonyl (C=S) groups is 1. The molecule has 174 valence electrons. The Labute approximate surface area is 211 Å². The zero-order valence-electron chi connectivity index (χ0n) is 19.2. The average Bonchev–Trinajstić information content (AvgIpc) is 3.05. The van der Waals surface area contributed by atoms with Crippen LogP contribution >= 0.6 is 35.4 Å². The Kier molecular flexibility index (Phi) is 7.59. The van der Waals surface area contributed by atoms with E-state index in [1.54, 1.807) is 6.07 Å². The molecule has 0 radical (unpaired) electrons. The van der Waals surface area contributed by atoms with Gasteiger partial charge in [0.2, 0.25) is 0 Å². The van der Waals surface area contributed by atoms with Crippen LogP contribution in [-0.2, 0) is 13.1 Å². The lowest BCUT2D eigenvalue weighted by molar-refractivity contribution is 0.177. The smallest absolute Gasteiger partial charge is 0.173 e. The van der Waals surface area contributed by atoms with E-state index in [0.29, 0.717) is 5.02 Å². The van der Waals surface area contributed by atoms with Crippen LogP contribution in [0.1, 0.15) is 28.1 Å². The molecule has 1 aliphatic rings. The number of benzene rings is 2. The summed E-state index contributed by atoms with van der Waals surface area (Å²) in [5.74, 6) is 0. The number of rotatable bonds is 5. The number of halogens is 2. The van der Waals surface area contributed by atoms with E-state index in [1.165, 1.54) is 11.1 Å². The summed E-state index contributed by atoms with van der Waals surface area (Å²) in [7, 11) is 0. The molecule has 3 aromatic rings. The number of hydrogen-bond acceptors (Lipinski definition) is 3. The maximum Gasteiger partial charge on any atom is 0.173 e. The second kappa shape index (κ2) is 10.4. The lowest BCUT2D eigenvalue weighted by Crippen LogP contribution is -2.49. The minimum Gasteiger partial charge on any atom is -0.346 e. The molecule has 1 N–H and O–H groups in total. The molecule has 0 bridgehead atoms. The highest BCUT2D eigenvalue weighted by molar-refractivity contribution is 7.80. The first-order chi connectivity index (χ1) is 15.8. The maximum atomic E-state index is 6.35. The van der Waals surface area contributed by atoms with Gasteiger partial charge in [-0.1, -0.05) is 53.5 Å². The molecule has 0 saturated carbocycles. The lowest BCUT2D eigenvalue weighted by atomic mass is 10.1. The number of aromatic nitrogens is 2. The molecule has 5 nitrogen and oxygen atoms in total. The van der Waals surface area contributed by atoms with Gasteiger partial charge in [-0.15, -0.1) is 0 Å². The van der Waals surface area contributed by atoms with Crippen molar-refractivity contribution in [3.63, 3.8) is 0 Å². The third kappa shape index (κ3) is 5.69.